The summed E-state index contributed by atoms with van der Waals surface area (Å²) in [7, 11) is -3.83. The topological polar surface area (TPSA) is 77.8 Å². The molecule has 4 nitrogen and oxygen atoms in total. The van der Waals surface area contributed by atoms with Gasteiger partial charge in [0, 0.05) is 17.8 Å². The fraction of sp³-hybridized carbons (Fsp3) is 1.00. The molecule has 0 rings (SSSR count). The third-order valence-electron chi connectivity index (χ3n) is 0. The van der Waals surface area contributed by atoms with Crippen LogP contribution >= 0.6 is 24.0 Å². The van der Waals surface area contributed by atoms with Crippen molar-refractivity contribution in [3.63, 3.8) is 0 Å². The van der Waals surface area contributed by atoms with Crippen LogP contribution in [0.5, 0.6) is 0 Å². The maximum Gasteiger partial charge on any atom is 1.00 e. The van der Waals surface area contributed by atoms with Crippen molar-refractivity contribution in [1.82, 2.24) is 0 Å². The first kappa shape index (κ1) is 22.7. The molecule has 0 aliphatic heterocycles. The van der Waals surface area contributed by atoms with E-state index in [1.807, 2.05) is 0 Å². The smallest absolute Gasteiger partial charge is 1.00 e. The van der Waals surface area contributed by atoms with Gasteiger partial charge in [-0.2, -0.15) is 4.21 Å². The average molecular weight is 312 g/mol. The molecule has 0 saturated carbocycles. The Kier molecular flexibility index (Phi) is 30.8. The molecule has 62 valence electrons. The van der Waals surface area contributed by atoms with Crippen molar-refractivity contribution in [2.24, 2.45) is 0 Å². The summed E-state index contributed by atoms with van der Waals surface area (Å²) in [6.07, 6.45) is 0. The van der Waals surface area contributed by atoms with Gasteiger partial charge in [0.25, 0.3) is 9.05 Å². The van der Waals surface area contributed by atoms with Crippen LogP contribution in [-0.4, -0.2) is 25.0 Å². The second kappa shape index (κ2) is 13.6. The summed E-state index contributed by atoms with van der Waals surface area (Å²) in [4.78, 5) is 0. The van der Waals surface area contributed by atoms with Crippen molar-refractivity contribution < 1.29 is 49.4 Å². The molecule has 0 bridgehead atoms. The Hall–Kier alpha value is 1.98. The van der Waals surface area contributed by atoms with E-state index in [0.717, 1.165) is 0 Å². The summed E-state index contributed by atoms with van der Waals surface area (Å²) >= 11 is 3.47. The summed E-state index contributed by atoms with van der Waals surface area (Å²) in [6, 6.07) is 0. The summed E-state index contributed by atoms with van der Waals surface area (Å²) in [6.45, 7) is 1.93. The predicted octanol–water partition coefficient (Wildman–Crippen LogP) is -2.59. The maximum atomic E-state index is 9.11. The molecular formula is C2H10INaO4S2. The fourth-order valence-corrected chi connectivity index (χ4v) is 0. The van der Waals surface area contributed by atoms with Gasteiger partial charge in [0.1, 0.15) is 0 Å². The van der Waals surface area contributed by atoms with E-state index in [-0.39, 0.29) is 61.6 Å². The normalized spacial score (nSPS) is 7.60. The molecule has 8 heteroatoms. The molecule has 0 aliphatic carbocycles. The molecule has 0 amide bonds. The van der Waals surface area contributed by atoms with E-state index in [0.29, 0.717) is 0 Å². The molecule has 0 saturated heterocycles. The second-order valence-electron chi connectivity index (χ2n) is 0.764. The molecule has 0 aromatic heterocycles. The average Bonchev–Trinajstić information content (AvgIpc) is 1.27. The summed E-state index contributed by atoms with van der Waals surface area (Å²) in [5, 5.41) is 7.57. The van der Waals surface area contributed by atoms with Gasteiger partial charge in [-0.25, -0.2) is 0 Å². The first-order chi connectivity index (χ1) is 3.41. The number of aliphatic hydroxyl groups is 1. The van der Waals surface area contributed by atoms with Gasteiger partial charge in [-0.3, -0.25) is 9.11 Å². The summed E-state index contributed by atoms with van der Waals surface area (Å²) in [5.41, 5.74) is 0. The molecule has 10 heavy (non-hydrogen) atoms. The number of rotatable bonds is 0. The van der Waals surface area contributed by atoms with Crippen molar-refractivity contribution in [2.75, 3.05) is 6.61 Å². The minimum atomic E-state index is -3.83. The summed E-state index contributed by atoms with van der Waals surface area (Å²) < 4.78 is 24.0. The van der Waals surface area contributed by atoms with Crippen LogP contribution in [0.25, 0.3) is 0 Å². The number of hydrogen-bond donors (Lipinski definition) is 3. The van der Waals surface area contributed by atoms with Crippen LogP contribution in [0.15, 0.2) is 0 Å². The van der Waals surface area contributed by atoms with Crippen LogP contribution in [0.1, 0.15) is 8.35 Å². The third kappa shape index (κ3) is 205. The monoisotopic (exact) mass is 312 g/mol. The van der Waals surface area contributed by atoms with Gasteiger partial charge < -0.3 is 6.53 Å². The van der Waals surface area contributed by atoms with Crippen LogP contribution in [0, 0.1) is 0 Å². The quantitative estimate of drug-likeness (QED) is 0.338. The zero-order chi connectivity index (χ0) is 7.21. The SMILES string of the molecule is CCO.I.O=S(O)(O)=S.[H-].[Na+]. The zero-order valence-corrected chi connectivity index (χ0v) is 11.6. The molecule has 0 unspecified atom stereocenters. The molecule has 0 heterocycles. The van der Waals surface area contributed by atoms with E-state index >= 15 is 0 Å². The first-order valence-corrected chi connectivity index (χ1v) is 4.12. The maximum absolute atomic E-state index is 9.11. The Balaban J connectivity index is -0.0000000183. The van der Waals surface area contributed by atoms with E-state index in [1.165, 1.54) is 0 Å². The van der Waals surface area contributed by atoms with Crippen LogP contribution in [0.3, 0.4) is 0 Å². The standard InChI is InChI=1S/C2H6O.HI.Na.H2O3S2.H/c1-2-3;;;1-5(2,3)4;/h3H,2H2,1H3;1H;;(H2,1,2,3,4);/q;;+1;;-1. The molecular weight excluding hydrogens is 302 g/mol. The van der Waals surface area contributed by atoms with Gasteiger partial charge in [-0.05, 0) is 6.92 Å². The minimum absolute atomic E-state index is 0. The Morgan fingerprint density at radius 1 is 1.60 bits per heavy atom. The van der Waals surface area contributed by atoms with Crippen LogP contribution in [0.4, 0.5) is 0 Å². The van der Waals surface area contributed by atoms with Gasteiger partial charge in [0.15, 0.2) is 0 Å². The summed E-state index contributed by atoms with van der Waals surface area (Å²) in [5.74, 6) is 0. The second-order valence-corrected chi connectivity index (χ2v) is 2.96. The Labute approximate surface area is 106 Å². The number of aliphatic hydroxyl groups excluding tert-OH is 1. The van der Waals surface area contributed by atoms with Crippen molar-refractivity contribution in [3.8, 4) is 0 Å². The Morgan fingerprint density at radius 3 is 1.60 bits per heavy atom. The number of hydrogen-bond acceptors (Lipinski definition) is 3. The van der Waals surface area contributed by atoms with Crippen molar-refractivity contribution in [3.05, 3.63) is 0 Å². The molecule has 0 atom stereocenters. The Morgan fingerprint density at radius 2 is 1.60 bits per heavy atom. The van der Waals surface area contributed by atoms with Crippen molar-refractivity contribution >= 4 is 44.2 Å². The van der Waals surface area contributed by atoms with Gasteiger partial charge in [-0.1, -0.05) is 0 Å². The molecule has 0 aromatic carbocycles. The van der Waals surface area contributed by atoms with Crippen LogP contribution < -0.4 is 29.6 Å². The van der Waals surface area contributed by atoms with E-state index in [1.54, 1.807) is 6.92 Å². The third-order valence-corrected chi connectivity index (χ3v) is 0. The molecule has 0 fully saturated rings. The van der Waals surface area contributed by atoms with Crippen LogP contribution in [-0.2, 0) is 20.2 Å². The molecule has 0 aliphatic rings. The van der Waals surface area contributed by atoms with Gasteiger partial charge >= 0.3 is 29.6 Å². The molecule has 3 N–H and O–H groups in total. The van der Waals surface area contributed by atoms with Crippen LogP contribution in [0.2, 0.25) is 0 Å². The van der Waals surface area contributed by atoms with Crippen molar-refractivity contribution in [1.29, 1.82) is 0 Å². The van der Waals surface area contributed by atoms with Gasteiger partial charge in [-0.15, -0.1) is 24.0 Å². The van der Waals surface area contributed by atoms with E-state index in [9.17, 15) is 0 Å². The zero-order valence-electron chi connectivity index (χ0n) is 6.68. The van der Waals surface area contributed by atoms with Crippen molar-refractivity contribution in [2.45, 2.75) is 6.92 Å². The number of halogens is 1. The molecule has 0 radical (unpaired) electrons. The van der Waals surface area contributed by atoms with Gasteiger partial charge in [0.2, 0.25) is 0 Å². The minimum Gasteiger partial charge on any atom is -1.00 e. The molecule has 0 aromatic rings. The van der Waals surface area contributed by atoms with Gasteiger partial charge in [0.05, 0.1) is 0 Å². The fourth-order valence-electron chi connectivity index (χ4n) is 0. The Bertz CT molecular complexity index is 120. The predicted molar refractivity (Wildman–Crippen MR) is 50.1 cm³/mol. The van der Waals surface area contributed by atoms with E-state index < -0.39 is 9.05 Å². The largest absolute Gasteiger partial charge is 1.00 e. The molecule has 0 spiro atoms. The van der Waals surface area contributed by atoms with E-state index in [4.69, 9.17) is 18.4 Å². The first-order valence-electron chi connectivity index (χ1n) is 1.72. The van der Waals surface area contributed by atoms with E-state index in [2.05, 4.69) is 11.2 Å².